The second kappa shape index (κ2) is 7.85. The largest absolute Gasteiger partial charge is 0.351 e. The number of benzene rings is 2. The number of nitrogens with zero attached hydrogens (tertiary/aromatic N) is 3. The first kappa shape index (κ1) is 19.3. The zero-order chi connectivity index (χ0) is 20.6. The molecule has 3 aliphatic rings. The third-order valence-corrected chi connectivity index (χ3v) is 7.16. The lowest BCUT2D eigenvalue weighted by Crippen LogP contribution is -2.31. The molecular formula is C22H25N5O2S. The van der Waals surface area contributed by atoms with Crippen LogP contribution in [-0.4, -0.2) is 38.2 Å². The smallest absolute Gasteiger partial charge is 0.240 e. The average molecular weight is 424 g/mol. The molecule has 7 nitrogen and oxygen atoms in total. The molecule has 0 saturated heterocycles. The van der Waals surface area contributed by atoms with Gasteiger partial charge < -0.3 is 10.2 Å². The lowest BCUT2D eigenvalue weighted by Gasteiger charge is -2.22. The summed E-state index contributed by atoms with van der Waals surface area (Å²) < 4.78 is 27.4. The lowest BCUT2D eigenvalue weighted by molar-refractivity contribution is 0.436. The standard InChI is InChI=1S/C22H25N5O2S/c28-30(29,24-13-16-5-6-16)20-9-7-19(8-10-20)25-22-23-12-11-21(26-22)27-14-17-3-1-2-4-18(17)15-27/h1-4,7-10,16,24H,5-6,11-15H2,(H,23,25). The highest BCUT2D eigenvalue weighted by atomic mass is 32.2. The van der Waals surface area contributed by atoms with Gasteiger partial charge in [0.05, 0.1) is 4.90 Å². The van der Waals surface area contributed by atoms with Gasteiger partial charge in [0.25, 0.3) is 0 Å². The van der Waals surface area contributed by atoms with Crippen LogP contribution in [-0.2, 0) is 23.1 Å². The summed E-state index contributed by atoms with van der Waals surface area (Å²) >= 11 is 0. The molecule has 0 spiro atoms. The van der Waals surface area contributed by atoms with Gasteiger partial charge in [-0.1, -0.05) is 24.3 Å². The molecule has 1 aliphatic carbocycles. The maximum Gasteiger partial charge on any atom is 0.240 e. The zero-order valence-corrected chi connectivity index (χ0v) is 17.5. The van der Waals surface area contributed by atoms with E-state index in [1.165, 1.54) is 11.1 Å². The number of anilines is 1. The van der Waals surface area contributed by atoms with Gasteiger partial charge in [0, 0.05) is 38.3 Å². The number of hydrogen-bond acceptors (Lipinski definition) is 6. The summed E-state index contributed by atoms with van der Waals surface area (Å²) in [6, 6.07) is 15.2. The summed E-state index contributed by atoms with van der Waals surface area (Å²) in [5.74, 6) is 2.10. The van der Waals surface area contributed by atoms with E-state index in [1.54, 1.807) is 24.3 Å². The molecule has 2 aliphatic heterocycles. The molecule has 0 amide bonds. The third kappa shape index (κ3) is 4.24. The molecule has 1 fully saturated rings. The Labute approximate surface area is 177 Å². The van der Waals surface area contributed by atoms with Crippen LogP contribution in [0.5, 0.6) is 0 Å². The van der Waals surface area contributed by atoms with Gasteiger partial charge in [0.15, 0.2) is 0 Å². The monoisotopic (exact) mass is 423 g/mol. The molecule has 5 rings (SSSR count). The van der Waals surface area contributed by atoms with Crippen LogP contribution in [0.15, 0.2) is 63.4 Å². The Morgan fingerprint density at radius 3 is 2.37 bits per heavy atom. The zero-order valence-electron chi connectivity index (χ0n) is 16.7. The minimum atomic E-state index is -3.45. The van der Waals surface area contributed by atoms with Crippen molar-refractivity contribution in [2.45, 2.75) is 37.2 Å². The Bertz CT molecular complexity index is 1080. The molecule has 1 saturated carbocycles. The molecule has 2 heterocycles. The molecule has 2 aromatic rings. The Kier molecular flexibility index (Phi) is 5.04. The number of amidine groups is 1. The molecule has 8 heteroatoms. The van der Waals surface area contributed by atoms with Crippen molar-refractivity contribution in [1.82, 2.24) is 9.62 Å². The van der Waals surface area contributed by atoms with Crippen LogP contribution < -0.4 is 10.0 Å². The summed E-state index contributed by atoms with van der Waals surface area (Å²) in [5, 5.41) is 3.21. The maximum atomic E-state index is 12.4. The quantitative estimate of drug-likeness (QED) is 0.774. The normalized spacial score (nSPS) is 18.6. The average Bonchev–Trinajstić information content (AvgIpc) is 3.49. The van der Waals surface area contributed by atoms with Gasteiger partial charge in [-0.15, -0.1) is 0 Å². The van der Waals surface area contributed by atoms with Crippen LogP contribution in [0, 0.1) is 5.92 Å². The minimum Gasteiger partial charge on any atom is -0.351 e. The summed E-state index contributed by atoms with van der Waals surface area (Å²) in [6.45, 7) is 2.97. The molecule has 0 aromatic heterocycles. The van der Waals surface area contributed by atoms with E-state index in [1.807, 2.05) is 0 Å². The number of nitrogens with one attached hydrogen (secondary N) is 2. The van der Waals surface area contributed by atoms with Crippen LogP contribution in [0.3, 0.4) is 0 Å². The highest BCUT2D eigenvalue weighted by molar-refractivity contribution is 7.89. The fourth-order valence-corrected chi connectivity index (χ4v) is 4.88. The van der Waals surface area contributed by atoms with Crippen molar-refractivity contribution in [3.63, 3.8) is 0 Å². The summed E-state index contributed by atoms with van der Waals surface area (Å²) in [5.41, 5.74) is 3.47. The highest BCUT2D eigenvalue weighted by Crippen LogP contribution is 2.28. The first-order valence-electron chi connectivity index (χ1n) is 10.4. The molecule has 2 aromatic carbocycles. The highest BCUT2D eigenvalue weighted by Gasteiger charge is 2.25. The van der Waals surface area contributed by atoms with E-state index in [2.05, 4.69) is 44.2 Å². The molecule has 30 heavy (non-hydrogen) atoms. The molecule has 0 radical (unpaired) electrons. The van der Waals surface area contributed by atoms with Gasteiger partial charge in [-0.25, -0.2) is 18.1 Å². The topological polar surface area (TPSA) is 86.2 Å². The predicted octanol–water partition coefficient (Wildman–Crippen LogP) is 2.96. The molecule has 0 unspecified atom stereocenters. The van der Waals surface area contributed by atoms with Gasteiger partial charge >= 0.3 is 0 Å². The van der Waals surface area contributed by atoms with Crippen LogP contribution in [0.2, 0.25) is 0 Å². The fraction of sp³-hybridized carbons (Fsp3) is 0.364. The van der Waals surface area contributed by atoms with E-state index in [4.69, 9.17) is 4.99 Å². The van der Waals surface area contributed by atoms with Gasteiger partial charge in [-0.2, -0.15) is 0 Å². The lowest BCUT2D eigenvalue weighted by atomic mass is 10.1. The Morgan fingerprint density at radius 1 is 1.00 bits per heavy atom. The van der Waals surface area contributed by atoms with Crippen molar-refractivity contribution in [2.24, 2.45) is 15.9 Å². The molecule has 156 valence electrons. The minimum absolute atomic E-state index is 0.276. The van der Waals surface area contributed by atoms with Crippen molar-refractivity contribution < 1.29 is 8.42 Å². The first-order chi connectivity index (χ1) is 14.6. The Morgan fingerprint density at radius 2 is 1.70 bits per heavy atom. The van der Waals surface area contributed by atoms with E-state index in [0.29, 0.717) is 25.0 Å². The Balaban J connectivity index is 1.24. The van der Waals surface area contributed by atoms with Gasteiger partial charge in [0.1, 0.15) is 5.84 Å². The number of hydrogen-bond donors (Lipinski definition) is 2. The fourth-order valence-electron chi connectivity index (χ4n) is 3.77. The van der Waals surface area contributed by atoms with E-state index < -0.39 is 10.0 Å². The maximum absolute atomic E-state index is 12.4. The number of rotatable bonds is 5. The third-order valence-electron chi connectivity index (χ3n) is 5.72. The van der Waals surface area contributed by atoms with Crippen LogP contribution in [0.25, 0.3) is 0 Å². The molecule has 0 bridgehead atoms. The summed E-state index contributed by atoms with van der Waals surface area (Å²) in [4.78, 5) is 11.8. The number of sulfonamides is 1. The SMILES string of the molecule is O=S(=O)(NCC1CC1)c1ccc(NC2=NCCC(N3Cc4ccccc4C3)=N2)cc1. The van der Waals surface area contributed by atoms with Gasteiger partial charge in [-0.05, 0) is 54.2 Å². The van der Waals surface area contributed by atoms with Gasteiger partial charge in [0.2, 0.25) is 16.0 Å². The van der Waals surface area contributed by atoms with Crippen LogP contribution >= 0.6 is 0 Å². The van der Waals surface area contributed by atoms with Crippen LogP contribution in [0.4, 0.5) is 5.69 Å². The molecule has 0 atom stereocenters. The van der Waals surface area contributed by atoms with E-state index in [9.17, 15) is 8.42 Å². The number of aliphatic imine (C=N–C) groups is 2. The molecule has 2 N–H and O–H groups in total. The number of guanidine groups is 1. The second-order valence-electron chi connectivity index (χ2n) is 8.05. The summed E-state index contributed by atoms with van der Waals surface area (Å²) in [6.07, 6.45) is 3.04. The second-order valence-corrected chi connectivity index (χ2v) is 9.82. The van der Waals surface area contributed by atoms with E-state index in [0.717, 1.165) is 43.9 Å². The summed E-state index contributed by atoms with van der Waals surface area (Å²) in [7, 11) is -3.45. The van der Waals surface area contributed by atoms with E-state index >= 15 is 0 Å². The first-order valence-corrected chi connectivity index (χ1v) is 11.9. The van der Waals surface area contributed by atoms with E-state index in [-0.39, 0.29) is 4.90 Å². The van der Waals surface area contributed by atoms with Crippen molar-refractivity contribution in [1.29, 1.82) is 0 Å². The molecular weight excluding hydrogens is 398 g/mol. The van der Waals surface area contributed by atoms with Crippen LogP contribution in [0.1, 0.15) is 30.4 Å². The van der Waals surface area contributed by atoms with Crippen molar-refractivity contribution in [3.05, 3.63) is 59.7 Å². The Hall–Kier alpha value is -2.71. The van der Waals surface area contributed by atoms with Crippen molar-refractivity contribution >= 4 is 27.5 Å². The van der Waals surface area contributed by atoms with Gasteiger partial charge in [-0.3, -0.25) is 4.99 Å². The van der Waals surface area contributed by atoms with Crippen molar-refractivity contribution in [3.8, 4) is 0 Å². The van der Waals surface area contributed by atoms with Crippen molar-refractivity contribution in [2.75, 3.05) is 18.4 Å². The number of fused-ring (bicyclic) bond motifs is 1. The predicted molar refractivity (Wildman–Crippen MR) is 118 cm³/mol.